The van der Waals surface area contributed by atoms with Crippen LogP contribution in [-0.4, -0.2) is 38.5 Å². The third-order valence-corrected chi connectivity index (χ3v) is 7.14. The van der Waals surface area contributed by atoms with Crippen molar-refractivity contribution in [2.24, 2.45) is 30.7 Å². The zero-order chi connectivity index (χ0) is 21.2. The first-order valence-corrected chi connectivity index (χ1v) is 10.4. The fourth-order valence-electron chi connectivity index (χ4n) is 5.66. The lowest BCUT2D eigenvalue weighted by atomic mass is 9.81. The van der Waals surface area contributed by atoms with Gasteiger partial charge in [-0.25, -0.2) is 4.68 Å². The molecule has 1 aliphatic heterocycles. The number of fused-ring (bicyclic) bond motifs is 5. The van der Waals surface area contributed by atoms with Crippen molar-refractivity contribution in [1.82, 2.24) is 14.3 Å². The quantitative estimate of drug-likeness (QED) is 0.775. The van der Waals surface area contributed by atoms with Crippen molar-refractivity contribution in [3.05, 3.63) is 46.4 Å². The summed E-state index contributed by atoms with van der Waals surface area (Å²) in [6.45, 7) is 1.40. The summed E-state index contributed by atoms with van der Waals surface area (Å²) in [6, 6.07) is 9.13. The fourth-order valence-corrected chi connectivity index (χ4v) is 5.66. The number of aromatic nitrogens is 2. The average Bonchev–Trinajstić information content (AvgIpc) is 3.46. The van der Waals surface area contributed by atoms with Crippen LogP contribution in [0.4, 0.5) is 5.69 Å². The number of hydrogen-bond acceptors (Lipinski definition) is 4. The number of carbonyl (C=O) groups excluding carboxylic acids is 3. The third kappa shape index (κ3) is 2.59. The number of benzene rings is 1. The van der Waals surface area contributed by atoms with Crippen LogP contribution in [0.3, 0.4) is 0 Å². The Hall–Kier alpha value is -3.16. The Labute approximate surface area is 173 Å². The molecule has 2 aliphatic carbocycles. The molecule has 0 unspecified atom stereocenters. The van der Waals surface area contributed by atoms with Crippen LogP contribution in [0, 0.1) is 30.6 Å². The molecule has 2 aromatic rings. The van der Waals surface area contributed by atoms with Gasteiger partial charge in [-0.2, -0.15) is 0 Å². The molecule has 1 saturated heterocycles. The molecule has 8 nitrogen and oxygen atoms in total. The summed E-state index contributed by atoms with van der Waals surface area (Å²) >= 11 is 0. The molecule has 2 bridgehead atoms. The smallest absolute Gasteiger partial charge is 0.295 e. The van der Waals surface area contributed by atoms with Crippen molar-refractivity contribution in [3.63, 3.8) is 0 Å². The van der Waals surface area contributed by atoms with Gasteiger partial charge in [0.25, 0.3) is 5.56 Å². The summed E-state index contributed by atoms with van der Waals surface area (Å²) in [5.74, 6) is -0.929. The minimum absolute atomic E-state index is 0.158. The number of nitrogens with zero attached hydrogens (tertiary/aromatic N) is 3. The Bertz CT molecular complexity index is 1090. The van der Waals surface area contributed by atoms with E-state index in [-0.39, 0.29) is 53.3 Å². The van der Waals surface area contributed by atoms with Gasteiger partial charge in [0.1, 0.15) is 12.2 Å². The second kappa shape index (κ2) is 6.68. The van der Waals surface area contributed by atoms with Crippen LogP contribution in [0.1, 0.15) is 25.0 Å². The van der Waals surface area contributed by atoms with Gasteiger partial charge in [0, 0.05) is 7.05 Å². The zero-order valence-electron chi connectivity index (χ0n) is 17.0. The Balaban J connectivity index is 1.36. The zero-order valence-corrected chi connectivity index (χ0v) is 17.0. The van der Waals surface area contributed by atoms with Gasteiger partial charge in [0.05, 0.1) is 23.2 Å². The number of para-hydroxylation sites is 1. The minimum atomic E-state index is -0.532. The number of amides is 3. The van der Waals surface area contributed by atoms with Crippen LogP contribution in [-0.2, 0) is 21.4 Å². The highest BCUT2D eigenvalue weighted by Crippen LogP contribution is 2.56. The van der Waals surface area contributed by atoms with E-state index in [1.807, 2.05) is 18.2 Å². The lowest BCUT2D eigenvalue weighted by Gasteiger charge is -2.19. The standard InChI is InChI=1S/C22H24N4O4/c1-12-19(22(30)26(24(12)2)15-6-4-3-5-7-15)23-16(27)11-25-20(28)17-13-8-9-14(10-13)18(17)21(25)29/h3-7,13-14,17-18H,8-11H2,1-2H3,(H,23,27)/t13-,14-,17-,18-/m0/s1. The van der Waals surface area contributed by atoms with Gasteiger partial charge in [-0.3, -0.25) is 28.8 Å². The van der Waals surface area contributed by atoms with Gasteiger partial charge in [-0.05, 0) is 50.2 Å². The van der Waals surface area contributed by atoms with Crippen LogP contribution in [0.5, 0.6) is 0 Å². The molecule has 0 spiro atoms. The molecule has 2 saturated carbocycles. The molecule has 156 valence electrons. The van der Waals surface area contributed by atoms with Gasteiger partial charge < -0.3 is 5.32 Å². The summed E-state index contributed by atoms with van der Waals surface area (Å²) in [6.07, 6.45) is 2.94. The Morgan fingerprint density at radius 1 is 1.03 bits per heavy atom. The van der Waals surface area contributed by atoms with Gasteiger partial charge in [-0.15, -0.1) is 0 Å². The van der Waals surface area contributed by atoms with E-state index in [1.165, 1.54) is 4.68 Å². The van der Waals surface area contributed by atoms with Crippen LogP contribution >= 0.6 is 0 Å². The summed E-state index contributed by atoms with van der Waals surface area (Å²) in [7, 11) is 1.74. The molecule has 8 heteroatoms. The van der Waals surface area contributed by atoms with E-state index in [9.17, 15) is 19.2 Å². The number of carbonyl (C=O) groups is 3. The Kier molecular flexibility index (Phi) is 4.20. The lowest BCUT2D eigenvalue weighted by Crippen LogP contribution is -2.39. The van der Waals surface area contributed by atoms with Gasteiger partial charge in [0.15, 0.2) is 0 Å². The van der Waals surface area contributed by atoms with Crippen molar-refractivity contribution < 1.29 is 14.4 Å². The highest BCUT2D eigenvalue weighted by atomic mass is 16.2. The van der Waals surface area contributed by atoms with E-state index in [0.29, 0.717) is 11.4 Å². The molecule has 1 aromatic carbocycles. The van der Waals surface area contributed by atoms with E-state index >= 15 is 0 Å². The molecule has 3 fully saturated rings. The van der Waals surface area contributed by atoms with Crippen molar-refractivity contribution >= 4 is 23.4 Å². The monoisotopic (exact) mass is 408 g/mol. The topological polar surface area (TPSA) is 93.4 Å². The molecule has 2 heterocycles. The SMILES string of the molecule is Cc1c(NC(=O)CN2C(=O)[C@H]3[C@H]4CC[C@@H](C4)[C@@H]3C2=O)c(=O)n(-c2ccccc2)n1C. The van der Waals surface area contributed by atoms with Gasteiger partial charge in [-0.1, -0.05) is 18.2 Å². The summed E-state index contributed by atoms with van der Waals surface area (Å²) in [5.41, 5.74) is 1.07. The highest BCUT2D eigenvalue weighted by molar-refractivity contribution is 6.09. The van der Waals surface area contributed by atoms with Crippen LogP contribution in [0.15, 0.2) is 35.1 Å². The number of imide groups is 1. The molecule has 0 radical (unpaired) electrons. The second-order valence-corrected chi connectivity index (χ2v) is 8.63. The number of rotatable bonds is 4. The number of likely N-dealkylation sites (tertiary alicyclic amines) is 1. The molecular formula is C22H24N4O4. The first-order valence-electron chi connectivity index (χ1n) is 10.4. The Morgan fingerprint density at radius 3 is 2.23 bits per heavy atom. The number of anilines is 1. The van der Waals surface area contributed by atoms with Crippen LogP contribution < -0.4 is 10.9 Å². The van der Waals surface area contributed by atoms with E-state index in [1.54, 1.807) is 30.8 Å². The number of nitrogens with one attached hydrogen (secondary N) is 1. The third-order valence-electron chi connectivity index (χ3n) is 7.14. The molecule has 1 N–H and O–H groups in total. The first-order chi connectivity index (χ1) is 14.4. The maximum Gasteiger partial charge on any atom is 0.295 e. The second-order valence-electron chi connectivity index (χ2n) is 8.63. The Morgan fingerprint density at radius 2 is 1.63 bits per heavy atom. The van der Waals surface area contributed by atoms with E-state index in [2.05, 4.69) is 5.32 Å². The molecule has 30 heavy (non-hydrogen) atoms. The van der Waals surface area contributed by atoms with E-state index in [4.69, 9.17) is 0 Å². The van der Waals surface area contributed by atoms with Crippen molar-refractivity contribution in [2.45, 2.75) is 26.2 Å². The normalized spacial score (nSPS) is 27.1. The van der Waals surface area contributed by atoms with Crippen molar-refractivity contribution in [2.75, 3.05) is 11.9 Å². The summed E-state index contributed by atoms with van der Waals surface area (Å²) < 4.78 is 3.14. The number of hydrogen-bond donors (Lipinski definition) is 1. The molecule has 3 aliphatic rings. The van der Waals surface area contributed by atoms with Crippen LogP contribution in [0.25, 0.3) is 5.69 Å². The highest BCUT2D eigenvalue weighted by Gasteiger charge is 2.60. The maximum absolute atomic E-state index is 12.9. The largest absolute Gasteiger partial charge is 0.318 e. The minimum Gasteiger partial charge on any atom is -0.318 e. The summed E-state index contributed by atoms with van der Waals surface area (Å²) in [4.78, 5) is 52.4. The first kappa shape index (κ1) is 18.8. The average molecular weight is 408 g/mol. The molecule has 4 atom stereocenters. The van der Waals surface area contributed by atoms with Gasteiger partial charge >= 0.3 is 0 Å². The van der Waals surface area contributed by atoms with Gasteiger partial charge in [0.2, 0.25) is 17.7 Å². The van der Waals surface area contributed by atoms with E-state index < -0.39 is 5.91 Å². The molecular weight excluding hydrogens is 384 g/mol. The molecule has 3 amide bonds. The maximum atomic E-state index is 12.9. The lowest BCUT2D eigenvalue weighted by molar-refractivity contribution is -0.143. The summed E-state index contributed by atoms with van der Waals surface area (Å²) in [5, 5.41) is 2.64. The molecule has 5 rings (SSSR count). The predicted octanol–water partition coefficient (Wildman–Crippen LogP) is 1.45. The van der Waals surface area contributed by atoms with Crippen molar-refractivity contribution in [1.29, 1.82) is 0 Å². The fraction of sp³-hybridized carbons (Fsp3) is 0.455. The molecule has 1 aromatic heterocycles. The van der Waals surface area contributed by atoms with Crippen molar-refractivity contribution in [3.8, 4) is 5.69 Å². The van der Waals surface area contributed by atoms with Crippen LogP contribution in [0.2, 0.25) is 0 Å². The predicted molar refractivity (Wildman–Crippen MR) is 109 cm³/mol. The van der Waals surface area contributed by atoms with E-state index in [0.717, 1.165) is 24.2 Å².